The van der Waals surface area contributed by atoms with E-state index in [9.17, 15) is 5.11 Å². The minimum Gasteiger partial charge on any atom is -0.499 e. The molecule has 0 saturated carbocycles. The van der Waals surface area contributed by atoms with Gasteiger partial charge in [0.25, 0.3) is 0 Å². The van der Waals surface area contributed by atoms with Crippen molar-refractivity contribution in [2.75, 3.05) is 0 Å². The van der Waals surface area contributed by atoms with Crippen molar-refractivity contribution in [3.63, 3.8) is 0 Å². The highest BCUT2D eigenvalue weighted by Gasteiger charge is 2.07. The molecular weight excluding hydrogens is 276 g/mol. The van der Waals surface area contributed by atoms with Crippen LogP contribution in [0.2, 0.25) is 0 Å². The van der Waals surface area contributed by atoms with E-state index < -0.39 is 0 Å². The highest BCUT2D eigenvalue weighted by atomic mass is 32.1. The third-order valence-corrected chi connectivity index (χ3v) is 4.43. The predicted molar refractivity (Wildman–Crippen MR) is 96.2 cm³/mol. The molecular formula is C19H30OS. The van der Waals surface area contributed by atoms with Crippen molar-refractivity contribution in [1.82, 2.24) is 0 Å². The topological polar surface area (TPSA) is 20.2 Å². The van der Waals surface area contributed by atoms with Gasteiger partial charge in [-0.2, -0.15) is 0 Å². The van der Waals surface area contributed by atoms with E-state index in [-0.39, 0.29) is 5.05 Å². The first-order valence-electron chi connectivity index (χ1n) is 8.49. The third kappa shape index (κ3) is 7.61. The Morgan fingerprint density at radius 3 is 2.19 bits per heavy atom. The molecule has 1 unspecified atom stereocenters. The third-order valence-electron chi connectivity index (χ3n) is 4.19. The molecule has 0 aliphatic carbocycles. The lowest BCUT2D eigenvalue weighted by Crippen LogP contribution is -2.02. The van der Waals surface area contributed by atoms with Crippen molar-refractivity contribution in [2.45, 2.75) is 71.6 Å². The van der Waals surface area contributed by atoms with E-state index in [4.69, 9.17) is 12.2 Å². The number of hydrogen-bond donors (Lipinski definition) is 1. The monoisotopic (exact) mass is 306 g/mol. The van der Waals surface area contributed by atoms with Gasteiger partial charge in [0.15, 0.2) is 5.05 Å². The van der Waals surface area contributed by atoms with Gasteiger partial charge >= 0.3 is 0 Å². The van der Waals surface area contributed by atoms with Crippen LogP contribution in [0.5, 0.6) is 0 Å². The van der Waals surface area contributed by atoms with Gasteiger partial charge in [0.2, 0.25) is 0 Å². The second kappa shape index (κ2) is 10.8. The van der Waals surface area contributed by atoms with Gasteiger partial charge in [-0.3, -0.25) is 0 Å². The Labute approximate surface area is 135 Å². The van der Waals surface area contributed by atoms with Crippen molar-refractivity contribution >= 4 is 17.3 Å². The fourth-order valence-corrected chi connectivity index (χ4v) is 3.07. The molecule has 0 bridgehead atoms. The maximum absolute atomic E-state index is 9.26. The second-order valence-corrected chi connectivity index (χ2v) is 6.43. The minimum absolute atomic E-state index is 0.0134. The number of aryl methyl sites for hydroxylation is 1. The maximum Gasteiger partial charge on any atom is 0.188 e. The van der Waals surface area contributed by atoms with E-state index in [1.54, 1.807) is 0 Å². The molecule has 0 fully saturated rings. The molecule has 21 heavy (non-hydrogen) atoms. The standard InChI is InChI=1S/C19H30OS/c1-3-5-6-9-16(8-4-2)10-7-11-17-12-14-18(15-13-17)19(20)21/h12-16H,3-11H2,1-2H3,(H,20,21). The highest BCUT2D eigenvalue weighted by Crippen LogP contribution is 2.22. The van der Waals surface area contributed by atoms with Gasteiger partial charge in [0, 0.05) is 5.56 Å². The molecule has 0 saturated heterocycles. The Morgan fingerprint density at radius 1 is 0.952 bits per heavy atom. The molecule has 1 aromatic carbocycles. The van der Waals surface area contributed by atoms with Crippen molar-refractivity contribution < 1.29 is 5.11 Å². The highest BCUT2D eigenvalue weighted by molar-refractivity contribution is 7.80. The number of unbranched alkanes of at least 4 members (excludes halogenated alkanes) is 2. The van der Waals surface area contributed by atoms with Crippen LogP contribution in [0.4, 0.5) is 0 Å². The van der Waals surface area contributed by atoms with Crippen LogP contribution in [0.3, 0.4) is 0 Å². The first kappa shape index (κ1) is 18.2. The maximum atomic E-state index is 9.26. The number of aliphatic hydroxyl groups is 1. The van der Waals surface area contributed by atoms with Crippen LogP contribution in [0.25, 0.3) is 0 Å². The molecule has 0 aliphatic heterocycles. The molecule has 1 rings (SSSR count). The lowest BCUT2D eigenvalue weighted by Gasteiger charge is -2.15. The first-order valence-corrected chi connectivity index (χ1v) is 8.90. The fraction of sp³-hybridized carbons (Fsp3) is 0.632. The lowest BCUT2D eigenvalue weighted by atomic mass is 9.90. The normalized spacial score (nSPS) is 12.3. The van der Waals surface area contributed by atoms with Gasteiger partial charge in [0.05, 0.1) is 0 Å². The van der Waals surface area contributed by atoms with Crippen LogP contribution < -0.4 is 0 Å². The molecule has 0 spiro atoms. The fourth-order valence-electron chi connectivity index (χ4n) is 2.93. The summed E-state index contributed by atoms with van der Waals surface area (Å²) < 4.78 is 0. The van der Waals surface area contributed by atoms with Gasteiger partial charge in [0.1, 0.15) is 0 Å². The number of aliphatic hydroxyl groups excluding tert-OH is 1. The number of hydrogen-bond acceptors (Lipinski definition) is 1. The van der Waals surface area contributed by atoms with Crippen molar-refractivity contribution in [3.8, 4) is 0 Å². The molecule has 1 aromatic rings. The molecule has 0 aromatic heterocycles. The van der Waals surface area contributed by atoms with E-state index in [2.05, 4.69) is 26.0 Å². The SMILES string of the molecule is CCCCCC(CCC)CCCc1ccc(C(O)=S)cc1. The van der Waals surface area contributed by atoms with Crippen molar-refractivity contribution in [3.05, 3.63) is 35.4 Å². The quantitative estimate of drug-likeness (QED) is 0.386. The summed E-state index contributed by atoms with van der Waals surface area (Å²) in [5.41, 5.74) is 2.09. The van der Waals surface area contributed by atoms with Gasteiger partial charge in [-0.05, 0) is 36.5 Å². The Morgan fingerprint density at radius 2 is 1.62 bits per heavy atom. The zero-order valence-corrected chi connectivity index (χ0v) is 14.4. The molecule has 0 heterocycles. The summed E-state index contributed by atoms with van der Waals surface area (Å²) in [6.07, 6.45) is 11.9. The average molecular weight is 307 g/mol. The molecule has 0 amide bonds. The van der Waals surface area contributed by atoms with E-state index >= 15 is 0 Å². The first-order chi connectivity index (χ1) is 10.2. The van der Waals surface area contributed by atoms with Gasteiger partial charge in [-0.1, -0.05) is 83.1 Å². The number of thiocarbonyl (C=S) groups is 1. The van der Waals surface area contributed by atoms with E-state index in [1.807, 2.05) is 12.1 Å². The molecule has 118 valence electrons. The average Bonchev–Trinajstić information content (AvgIpc) is 2.48. The summed E-state index contributed by atoms with van der Waals surface area (Å²) in [6.45, 7) is 4.57. The predicted octanol–water partition coefficient (Wildman–Crippen LogP) is 6.24. The second-order valence-electron chi connectivity index (χ2n) is 6.04. The molecule has 2 heteroatoms. The van der Waals surface area contributed by atoms with Gasteiger partial charge in [-0.25, -0.2) is 0 Å². The molecule has 0 radical (unpaired) electrons. The van der Waals surface area contributed by atoms with Crippen molar-refractivity contribution in [1.29, 1.82) is 0 Å². The number of benzene rings is 1. The summed E-state index contributed by atoms with van der Waals surface area (Å²) in [6, 6.07) is 8.01. The van der Waals surface area contributed by atoms with Crippen LogP contribution in [0.1, 0.15) is 76.3 Å². The zero-order valence-electron chi connectivity index (χ0n) is 13.6. The van der Waals surface area contributed by atoms with E-state index in [0.717, 1.165) is 17.9 Å². The van der Waals surface area contributed by atoms with Crippen LogP contribution in [-0.4, -0.2) is 10.2 Å². The Bertz CT molecular complexity index is 397. The summed E-state index contributed by atoms with van der Waals surface area (Å²) >= 11 is 4.76. The zero-order chi connectivity index (χ0) is 15.5. The summed E-state index contributed by atoms with van der Waals surface area (Å²) in [7, 11) is 0. The van der Waals surface area contributed by atoms with E-state index in [0.29, 0.717) is 0 Å². The van der Waals surface area contributed by atoms with Gasteiger partial charge < -0.3 is 5.11 Å². The molecule has 1 nitrogen and oxygen atoms in total. The van der Waals surface area contributed by atoms with Crippen molar-refractivity contribution in [2.24, 2.45) is 5.92 Å². The van der Waals surface area contributed by atoms with Crippen LogP contribution in [0.15, 0.2) is 24.3 Å². The molecule has 0 aliphatic rings. The van der Waals surface area contributed by atoms with Crippen LogP contribution in [0, 0.1) is 5.92 Å². The largest absolute Gasteiger partial charge is 0.499 e. The molecule has 1 N–H and O–H groups in total. The number of rotatable bonds is 11. The summed E-state index contributed by atoms with van der Waals surface area (Å²) in [5, 5.41) is 9.24. The Hall–Kier alpha value is -0.890. The van der Waals surface area contributed by atoms with Crippen LogP contribution >= 0.6 is 12.2 Å². The summed E-state index contributed by atoms with van der Waals surface area (Å²) in [4.78, 5) is 0. The van der Waals surface area contributed by atoms with E-state index in [1.165, 1.54) is 56.9 Å². The molecule has 1 atom stereocenters. The Kier molecular flexibility index (Phi) is 9.32. The minimum atomic E-state index is -0.0134. The summed E-state index contributed by atoms with van der Waals surface area (Å²) in [5.74, 6) is 0.908. The van der Waals surface area contributed by atoms with Crippen LogP contribution in [-0.2, 0) is 6.42 Å². The van der Waals surface area contributed by atoms with Gasteiger partial charge in [-0.15, -0.1) is 0 Å². The lowest BCUT2D eigenvalue weighted by molar-refractivity contribution is 0.388. The Balaban J connectivity index is 2.33. The smallest absolute Gasteiger partial charge is 0.188 e.